The lowest BCUT2D eigenvalue weighted by Gasteiger charge is -2.47. The second-order valence-electron chi connectivity index (χ2n) is 7.52. The molecule has 27 heavy (non-hydrogen) atoms. The third kappa shape index (κ3) is 3.72. The Balaban J connectivity index is 2.38. The van der Waals surface area contributed by atoms with Crippen molar-refractivity contribution in [2.45, 2.75) is 70.7 Å². The molecule has 154 valence electrons. The molecule has 10 heteroatoms. The van der Waals surface area contributed by atoms with E-state index in [2.05, 4.69) is 5.32 Å². The third-order valence-corrected chi connectivity index (χ3v) is 5.38. The first-order valence-corrected chi connectivity index (χ1v) is 9.10. The minimum absolute atomic E-state index is 0.131. The molecule has 4 amide bonds. The van der Waals surface area contributed by atoms with Crippen LogP contribution in [0.4, 0.5) is 4.79 Å². The van der Waals surface area contributed by atoms with E-state index in [9.17, 15) is 34.8 Å². The van der Waals surface area contributed by atoms with Gasteiger partial charge in [0.2, 0.25) is 11.8 Å². The Morgan fingerprint density at radius 1 is 1.15 bits per heavy atom. The highest BCUT2D eigenvalue weighted by Crippen LogP contribution is 2.37. The Hall–Kier alpha value is -1.59. The molecule has 0 aromatic carbocycles. The molecule has 0 aromatic rings. The summed E-state index contributed by atoms with van der Waals surface area (Å²) in [6.07, 6.45) is -7.20. The molecule has 0 spiro atoms. The normalized spacial score (nSPS) is 37.7. The van der Waals surface area contributed by atoms with Gasteiger partial charge in [0.1, 0.15) is 29.8 Å². The van der Waals surface area contributed by atoms with Crippen molar-refractivity contribution in [2.75, 3.05) is 6.61 Å². The van der Waals surface area contributed by atoms with Gasteiger partial charge in [0.15, 0.2) is 6.23 Å². The van der Waals surface area contributed by atoms with E-state index in [0.717, 1.165) is 0 Å². The lowest BCUT2D eigenvalue weighted by Crippen LogP contribution is -2.72. The van der Waals surface area contributed by atoms with Crippen LogP contribution in [0.15, 0.2) is 0 Å². The van der Waals surface area contributed by atoms with Crippen molar-refractivity contribution in [1.29, 1.82) is 0 Å². The van der Waals surface area contributed by atoms with E-state index in [1.807, 2.05) is 13.8 Å². The first kappa shape index (κ1) is 21.7. The molecule has 0 aromatic heterocycles. The van der Waals surface area contributed by atoms with E-state index in [1.165, 1.54) is 0 Å². The Morgan fingerprint density at radius 3 is 2.30 bits per heavy atom. The van der Waals surface area contributed by atoms with Crippen molar-refractivity contribution in [3.05, 3.63) is 0 Å². The van der Waals surface area contributed by atoms with Gasteiger partial charge in [-0.3, -0.25) is 14.9 Å². The number of hydrogen-bond acceptors (Lipinski definition) is 8. The average Bonchev–Trinajstić information content (AvgIpc) is 2.61. The number of ether oxygens (including phenoxy) is 1. The molecule has 0 unspecified atom stereocenters. The number of aliphatic hydroxyl groups excluding tert-OH is 4. The van der Waals surface area contributed by atoms with Crippen LogP contribution in [-0.4, -0.2) is 80.4 Å². The molecular formula is C17H28N2O8. The number of nitrogens with zero attached hydrogens (tertiary/aromatic N) is 1. The van der Waals surface area contributed by atoms with Gasteiger partial charge >= 0.3 is 6.03 Å². The summed E-state index contributed by atoms with van der Waals surface area (Å²) < 4.78 is 5.33. The van der Waals surface area contributed by atoms with Gasteiger partial charge in [0.25, 0.3) is 0 Å². The first-order valence-electron chi connectivity index (χ1n) is 9.10. The van der Waals surface area contributed by atoms with E-state index in [0.29, 0.717) is 11.3 Å². The van der Waals surface area contributed by atoms with Crippen LogP contribution in [0.2, 0.25) is 0 Å². The second kappa shape index (κ2) is 8.19. The van der Waals surface area contributed by atoms with Gasteiger partial charge in [-0.15, -0.1) is 0 Å². The number of rotatable bonds is 6. The Morgan fingerprint density at radius 2 is 1.78 bits per heavy atom. The number of hydrogen-bond donors (Lipinski definition) is 5. The summed E-state index contributed by atoms with van der Waals surface area (Å²) in [7, 11) is 0. The van der Waals surface area contributed by atoms with Gasteiger partial charge in [-0.1, -0.05) is 20.8 Å². The standard InChI is InChI=1S/C17H28N2O8/c1-4-17(6-5-8(2)3)14(24)18-16(26)19(15(17)25)13-12(23)11(22)10(21)9(7-20)27-13/h8-13,20-23H,4-7H2,1-3H3,(H,18,24,26)/t9-,10-,11+,12-,13-,17+/m1/s1. The minimum Gasteiger partial charge on any atom is -0.394 e. The van der Waals surface area contributed by atoms with E-state index in [-0.39, 0.29) is 18.8 Å². The van der Waals surface area contributed by atoms with E-state index >= 15 is 0 Å². The predicted octanol–water partition coefficient (Wildman–Crippen LogP) is -1.30. The second-order valence-corrected chi connectivity index (χ2v) is 7.52. The maximum atomic E-state index is 13.2. The van der Waals surface area contributed by atoms with Crippen molar-refractivity contribution < 1.29 is 39.5 Å². The molecule has 10 nitrogen and oxygen atoms in total. The zero-order valence-electron chi connectivity index (χ0n) is 15.7. The summed E-state index contributed by atoms with van der Waals surface area (Å²) >= 11 is 0. The highest BCUT2D eigenvalue weighted by atomic mass is 16.6. The fourth-order valence-electron chi connectivity index (χ4n) is 3.47. The SMILES string of the molecule is CC[C@]1(CCC(C)C)C(=O)NC(=O)N([C@@H]2O[C@H](CO)[C@@H](O)[C@H](O)[C@H]2O)C1=O. The van der Waals surface area contributed by atoms with Crippen LogP contribution in [0.5, 0.6) is 0 Å². The van der Waals surface area contributed by atoms with Crippen molar-refractivity contribution in [1.82, 2.24) is 10.2 Å². The van der Waals surface area contributed by atoms with Crippen molar-refractivity contribution in [2.24, 2.45) is 11.3 Å². The van der Waals surface area contributed by atoms with Crippen molar-refractivity contribution in [3.8, 4) is 0 Å². The first-order chi connectivity index (χ1) is 12.6. The number of carbonyl (C=O) groups is 3. The molecule has 2 heterocycles. The molecule has 2 aliphatic heterocycles. The molecule has 5 N–H and O–H groups in total. The maximum Gasteiger partial charge on any atom is 0.333 e. The van der Waals surface area contributed by atoms with Gasteiger partial charge in [0.05, 0.1) is 6.61 Å². The lowest BCUT2D eigenvalue weighted by molar-refractivity contribution is -0.257. The van der Waals surface area contributed by atoms with Crippen LogP contribution in [0, 0.1) is 11.3 Å². The number of carbonyl (C=O) groups excluding carboxylic acids is 3. The zero-order valence-corrected chi connectivity index (χ0v) is 15.7. The average molecular weight is 388 g/mol. The molecule has 0 aliphatic carbocycles. The van der Waals surface area contributed by atoms with Crippen LogP contribution in [0.3, 0.4) is 0 Å². The van der Waals surface area contributed by atoms with Crippen molar-refractivity contribution >= 4 is 17.8 Å². The zero-order chi connectivity index (χ0) is 20.5. The summed E-state index contributed by atoms with van der Waals surface area (Å²) in [5, 5.41) is 41.6. The predicted molar refractivity (Wildman–Crippen MR) is 90.9 cm³/mol. The highest BCUT2D eigenvalue weighted by molar-refractivity contribution is 6.19. The summed E-state index contributed by atoms with van der Waals surface area (Å²) in [6, 6.07) is -1.08. The fraction of sp³-hybridized carbons (Fsp3) is 0.824. The lowest BCUT2D eigenvalue weighted by atomic mass is 9.75. The molecule has 6 atom stereocenters. The Bertz CT molecular complexity index is 595. The van der Waals surface area contributed by atoms with Gasteiger partial charge in [-0.05, 0) is 25.2 Å². The highest BCUT2D eigenvalue weighted by Gasteiger charge is 2.57. The van der Waals surface area contributed by atoms with Crippen LogP contribution >= 0.6 is 0 Å². The summed E-state index contributed by atoms with van der Waals surface area (Å²) in [4.78, 5) is 38.6. The number of aliphatic hydroxyl groups is 4. The van der Waals surface area contributed by atoms with Crippen molar-refractivity contribution in [3.63, 3.8) is 0 Å². The summed E-state index contributed by atoms with van der Waals surface area (Å²) in [5.41, 5.74) is -1.50. The number of urea groups is 1. The van der Waals surface area contributed by atoms with Crippen LogP contribution < -0.4 is 5.32 Å². The molecule has 2 fully saturated rings. The molecule has 0 bridgehead atoms. The maximum absolute atomic E-state index is 13.2. The van der Waals surface area contributed by atoms with Gasteiger partial charge < -0.3 is 25.2 Å². The summed E-state index contributed by atoms with van der Waals surface area (Å²) in [6.45, 7) is 4.83. The van der Waals surface area contributed by atoms with Crippen LogP contribution in [0.1, 0.15) is 40.0 Å². The smallest absolute Gasteiger partial charge is 0.333 e. The quantitative estimate of drug-likeness (QED) is 0.351. The fourth-order valence-corrected chi connectivity index (χ4v) is 3.47. The number of barbiturate groups is 1. The third-order valence-electron chi connectivity index (χ3n) is 5.38. The number of amides is 4. The van der Waals surface area contributed by atoms with Crippen LogP contribution in [0.25, 0.3) is 0 Å². The number of nitrogens with one attached hydrogen (secondary N) is 1. The van der Waals surface area contributed by atoms with Gasteiger partial charge in [0, 0.05) is 0 Å². The molecule has 0 radical (unpaired) electrons. The van der Waals surface area contributed by atoms with E-state index in [4.69, 9.17) is 4.74 Å². The molecular weight excluding hydrogens is 360 g/mol. The molecule has 2 rings (SSSR count). The largest absolute Gasteiger partial charge is 0.394 e. The topological polar surface area (TPSA) is 157 Å². The Kier molecular flexibility index (Phi) is 6.59. The molecule has 2 aliphatic rings. The minimum atomic E-state index is -1.80. The number of imide groups is 2. The van der Waals surface area contributed by atoms with Gasteiger partial charge in [-0.2, -0.15) is 0 Å². The van der Waals surface area contributed by atoms with E-state index in [1.54, 1.807) is 6.92 Å². The van der Waals surface area contributed by atoms with Crippen LogP contribution in [-0.2, 0) is 14.3 Å². The monoisotopic (exact) mass is 388 g/mol. The van der Waals surface area contributed by atoms with E-state index < -0.39 is 60.5 Å². The Labute approximate surface area is 157 Å². The molecule has 2 saturated heterocycles. The van der Waals surface area contributed by atoms with Gasteiger partial charge in [-0.25, -0.2) is 9.69 Å². The molecule has 0 saturated carbocycles. The summed E-state index contributed by atoms with van der Waals surface area (Å²) in [5.74, 6) is -1.32.